The highest BCUT2D eigenvalue weighted by Gasteiger charge is 2.83. The van der Waals surface area contributed by atoms with Crippen LogP contribution in [0.2, 0.25) is 0 Å². The van der Waals surface area contributed by atoms with Crippen LogP contribution in [0.25, 0.3) is 0 Å². The van der Waals surface area contributed by atoms with Gasteiger partial charge in [0.2, 0.25) is 0 Å². The first-order chi connectivity index (χ1) is 17.1. The molecule has 0 aromatic heterocycles. The molecule has 0 amide bonds. The fourth-order valence-corrected chi connectivity index (χ4v) is 6.80. The van der Waals surface area contributed by atoms with Gasteiger partial charge in [-0.25, -0.2) is 9.59 Å². The van der Waals surface area contributed by atoms with Crippen molar-refractivity contribution in [3.05, 3.63) is 23.8 Å². The van der Waals surface area contributed by atoms with Crippen molar-refractivity contribution in [2.45, 2.75) is 89.3 Å². The summed E-state index contributed by atoms with van der Waals surface area (Å²) in [5.74, 6) is -2.09. The van der Waals surface area contributed by atoms with E-state index in [1.54, 1.807) is 13.0 Å². The van der Waals surface area contributed by atoms with Gasteiger partial charge in [0.25, 0.3) is 0 Å². The molecule has 9 nitrogen and oxygen atoms in total. The zero-order chi connectivity index (χ0) is 25.7. The van der Waals surface area contributed by atoms with Crippen LogP contribution in [0.1, 0.15) is 59.3 Å². The minimum atomic E-state index is -1.36. The maximum atomic E-state index is 13.0. The van der Waals surface area contributed by atoms with E-state index in [0.717, 1.165) is 6.42 Å². The summed E-state index contributed by atoms with van der Waals surface area (Å²) in [5.41, 5.74) is -0.727. The molecule has 1 N–H and O–H groups in total. The zero-order valence-electron chi connectivity index (χ0n) is 21.2. The molecule has 9 heteroatoms. The molecule has 2 saturated heterocycles. The molecule has 2 aliphatic carbocycles. The van der Waals surface area contributed by atoms with Crippen molar-refractivity contribution in [3.8, 4) is 0 Å². The van der Waals surface area contributed by atoms with Crippen molar-refractivity contribution in [2.75, 3.05) is 19.8 Å². The molecule has 3 aliphatic heterocycles. The van der Waals surface area contributed by atoms with Crippen LogP contribution in [-0.2, 0) is 38.1 Å². The smallest absolute Gasteiger partial charge is 0.335 e. The maximum Gasteiger partial charge on any atom is 0.335 e. The molecule has 3 fully saturated rings. The molecule has 8 atom stereocenters. The van der Waals surface area contributed by atoms with Gasteiger partial charge in [-0.15, -0.1) is 0 Å². The molecule has 0 aromatic rings. The van der Waals surface area contributed by atoms with Gasteiger partial charge in [0.1, 0.15) is 18.3 Å². The number of aliphatic hydroxyl groups excluding tert-OH is 1. The molecule has 1 saturated carbocycles. The second-order valence-corrected chi connectivity index (χ2v) is 11.2. The largest absolute Gasteiger partial charge is 0.463 e. The lowest BCUT2D eigenvalue weighted by molar-refractivity contribution is -0.235. The highest BCUT2D eigenvalue weighted by Crippen LogP contribution is 2.72. The Morgan fingerprint density at radius 3 is 2.61 bits per heavy atom. The first-order valence-electron chi connectivity index (χ1n) is 13.0. The zero-order valence-corrected chi connectivity index (χ0v) is 21.2. The van der Waals surface area contributed by atoms with Crippen molar-refractivity contribution < 1.29 is 43.2 Å². The number of allylic oxidation sites excluding steroid dienone is 2. The van der Waals surface area contributed by atoms with Crippen molar-refractivity contribution in [2.24, 2.45) is 16.7 Å². The average molecular weight is 505 g/mol. The average Bonchev–Trinajstić information content (AvgIpc) is 3.62. The fourth-order valence-electron chi connectivity index (χ4n) is 6.80. The highest BCUT2D eigenvalue weighted by molar-refractivity contribution is 5.82. The molecule has 5 aliphatic rings. The van der Waals surface area contributed by atoms with Crippen LogP contribution in [0.5, 0.6) is 0 Å². The second-order valence-electron chi connectivity index (χ2n) is 11.2. The van der Waals surface area contributed by atoms with Gasteiger partial charge < -0.3 is 28.8 Å². The van der Waals surface area contributed by atoms with Crippen LogP contribution >= 0.6 is 0 Å². The predicted octanol–water partition coefficient (Wildman–Crippen LogP) is 2.39. The molecule has 0 radical (unpaired) electrons. The Morgan fingerprint density at radius 2 is 1.86 bits per heavy atom. The van der Waals surface area contributed by atoms with E-state index in [2.05, 4.69) is 19.9 Å². The van der Waals surface area contributed by atoms with Gasteiger partial charge in [0, 0.05) is 24.3 Å². The van der Waals surface area contributed by atoms with Gasteiger partial charge in [-0.1, -0.05) is 31.6 Å². The van der Waals surface area contributed by atoms with E-state index >= 15 is 0 Å². The van der Waals surface area contributed by atoms with Crippen LogP contribution in [0.4, 0.5) is 0 Å². The Morgan fingerprint density at radius 1 is 1.08 bits per heavy atom. The normalized spacial score (nSPS) is 45.5. The van der Waals surface area contributed by atoms with E-state index in [4.69, 9.17) is 23.7 Å². The molecule has 0 aromatic carbocycles. The van der Waals surface area contributed by atoms with Crippen LogP contribution in [0, 0.1) is 16.7 Å². The predicted molar refractivity (Wildman–Crippen MR) is 125 cm³/mol. The lowest BCUT2D eigenvalue weighted by Gasteiger charge is -2.58. The summed E-state index contributed by atoms with van der Waals surface area (Å²) in [4.78, 5) is 37.7. The van der Waals surface area contributed by atoms with Crippen molar-refractivity contribution >= 4 is 17.9 Å². The van der Waals surface area contributed by atoms with Gasteiger partial charge in [0.15, 0.2) is 6.10 Å². The lowest BCUT2D eigenvalue weighted by Crippen LogP contribution is -2.67. The summed E-state index contributed by atoms with van der Waals surface area (Å²) in [5, 5.41) is 10.6. The van der Waals surface area contributed by atoms with E-state index in [-0.39, 0.29) is 37.8 Å². The molecule has 8 unspecified atom stereocenters. The molecular weight excluding hydrogens is 468 g/mol. The molecule has 2 bridgehead atoms. The number of esters is 3. The van der Waals surface area contributed by atoms with Crippen LogP contribution < -0.4 is 0 Å². The SMILES string of the molecule is CC1=CC2OC3CC4OC(=O)CCC=CC(=O)OCCC(C)C(O)C(=O)OCC2(CC1)C4(C)C31CO1. The minimum absolute atomic E-state index is 0.0180. The van der Waals surface area contributed by atoms with Crippen molar-refractivity contribution in [1.29, 1.82) is 0 Å². The van der Waals surface area contributed by atoms with Gasteiger partial charge >= 0.3 is 17.9 Å². The molecular formula is C27H36O9. The quantitative estimate of drug-likeness (QED) is 0.229. The standard InChI is InChI=1S/C27H36O9/c1-16-8-10-26-14-33-24(31)23(30)17(2)9-11-32-21(28)6-4-5-7-22(29)36-18-13-20(35-19(26)12-16)27(15-34-27)25(18,26)3/h4,6,12,17-20,23,30H,5,7-11,13-15H2,1-3H3. The number of carbonyl (C=O) groups excluding carboxylic acids is 3. The Bertz CT molecular complexity index is 982. The van der Waals surface area contributed by atoms with E-state index in [0.29, 0.717) is 32.3 Å². The van der Waals surface area contributed by atoms with Crippen LogP contribution in [0.3, 0.4) is 0 Å². The van der Waals surface area contributed by atoms with Gasteiger partial charge in [-0.05, 0) is 38.5 Å². The number of aliphatic hydroxyl groups is 1. The molecule has 3 heterocycles. The summed E-state index contributed by atoms with van der Waals surface area (Å²) in [7, 11) is 0. The first kappa shape index (κ1) is 25.4. The molecule has 198 valence electrons. The summed E-state index contributed by atoms with van der Waals surface area (Å²) in [6.45, 7) is 6.44. The number of hydrogen-bond acceptors (Lipinski definition) is 9. The summed E-state index contributed by atoms with van der Waals surface area (Å²) < 4.78 is 29.7. The number of hydrogen-bond donors (Lipinski definition) is 1. The summed E-state index contributed by atoms with van der Waals surface area (Å²) in [6, 6.07) is 0. The Labute approximate surface area is 211 Å². The van der Waals surface area contributed by atoms with E-state index in [1.165, 1.54) is 11.6 Å². The number of cyclic esters (lactones) is 2. The van der Waals surface area contributed by atoms with E-state index in [9.17, 15) is 19.5 Å². The van der Waals surface area contributed by atoms with Crippen molar-refractivity contribution in [1.82, 2.24) is 0 Å². The summed E-state index contributed by atoms with van der Waals surface area (Å²) >= 11 is 0. The summed E-state index contributed by atoms with van der Waals surface area (Å²) in [6.07, 6.45) is 5.35. The molecule has 5 rings (SSSR count). The Kier molecular flexibility index (Phi) is 6.54. The van der Waals surface area contributed by atoms with Gasteiger partial charge in [0.05, 0.1) is 30.8 Å². The third-order valence-electron chi connectivity index (χ3n) is 9.33. The fraction of sp³-hybridized carbons (Fsp3) is 0.741. The monoisotopic (exact) mass is 504 g/mol. The molecule has 2 spiro atoms. The topological polar surface area (TPSA) is 121 Å². The van der Waals surface area contributed by atoms with Gasteiger partial charge in [-0.2, -0.15) is 0 Å². The number of epoxide rings is 1. The first-order valence-corrected chi connectivity index (χ1v) is 13.0. The van der Waals surface area contributed by atoms with Gasteiger partial charge in [-0.3, -0.25) is 4.79 Å². The number of rotatable bonds is 0. The minimum Gasteiger partial charge on any atom is -0.463 e. The van der Waals surface area contributed by atoms with Crippen molar-refractivity contribution in [3.63, 3.8) is 0 Å². The van der Waals surface area contributed by atoms with Crippen LogP contribution in [-0.4, -0.2) is 72.9 Å². The van der Waals surface area contributed by atoms with E-state index in [1.807, 2.05) is 0 Å². The Balaban J connectivity index is 1.49. The van der Waals surface area contributed by atoms with Crippen LogP contribution in [0.15, 0.2) is 23.8 Å². The molecule has 36 heavy (non-hydrogen) atoms. The Hall–Kier alpha value is -2.23. The second kappa shape index (κ2) is 9.26. The van der Waals surface area contributed by atoms with E-state index < -0.39 is 46.5 Å². The number of ether oxygens (including phenoxy) is 5. The highest BCUT2D eigenvalue weighted by atomic mass is 16.6. The maximum absolute atomic E-state index is 13.0. The third-order valence-corrected chi connectivity index (χ3v) is 9.33. The lowest BCUT2D eigenvalue weighted by atomic mass is 9.51. The third kappa shape index (κ3) is 3.90. The number of carbonyl (C=O) groups is 3.